The molecule has 1 heterocycles. The summed E-state index contributed by atoms with van der Waals surface area (Å²) in [5.74, 6) is 0.514. The van der Waals surface area contributed by atoms with Crippen molar-refractivity contribution in [3.63, 3.8) is 0 Å². The van der Waals surface area contributed by atoms with E-state index in [1.54, 1.807) is 6.20 Å². The highest BCUT2D eigenvalue weighted by Crippen LogP contribution is 2.23. The van der Waals surface area contributed by atoms with Gasteiger partial charge in [0.05, 0.1) is 0 Å². The number of nitrogen functional groups attached to an aromatic ring is 1. The Morgan fingerprint density at radius 2 is 2.00 bits per heavy atom. The molecule has 5 heteroatoms. The highest BCUT2D eigenvalue weighted by Gasteiger charge is 2.14. The van der Waals surface area contributed by atoms with Gasteiger partial charge in [0.1, 0.15) is 11.4 Å². The zero-order valence-electron chi connectivity index (χ0n) is 13.1. The fourth-order valence-corrected chi connectivity index (χ4v) is 2.01. The largest absolute Gasteiger partial charge is 0.444 e. The molecule has 1 aromatic heterocycles. The second-order valence-electron chi connectivity index (χ2n) is 5.93. The SMILES string of the molecule is CC(C)(C)OC(=O)NCC=Cc1cnc(N)c2ccccc12. The van der Waals surface area contributed by atoms with Crippen molar-refractivity contribution < 1.29 is 9.53 Å². The molecule has 0 aliphatic heterocycles. The summed E-state index contributed by atoms with van der Waals surface area (Å²) in [4.78, 5) is 15.7. The minimum absolute atomic E-state index is 0.383. The first-order chi connectivity index (χ1) is 10.4. The number of hydrogen-bond donors (Lipinski definition) is 2. The maximum Gasteiger partial charge on any atom is 0.407 e. The lowest BCUT2D eigenvalue weighted by atomic mass is 10.1. The fourth-order valence-electron chi connectivity index (χ4n) is 2.01. The minimum Gasteiger partial charge on any atom is -0.444 e. The molecule has 0 atom stereocenters. The second-order valence-corrected chi connectivity index (χ2v) is 5.93. The van der Waals surface area contributed by atoms with Crippen molar-refractivity contribution in [1.29, 1.82) is 0 Å². The number of anilines is 1. The predicted molar refractivity (Wildman–Crippen MR) is 89.4 cm³/mol. The standard InChI is InChI=1S/C17H21N3O2/c1-17(2,3)22-16(21)19-10-6-7-12-11-20-15(18)14-9-5-4-8-13(12)14/h4-9,11H,10H2,1-3H3,(H2,18,20)(H,19,21). The first-order valence-corrected chi connectivity index (χ1v) is 7.13. The molecule has 0 unspecified atom stereocenters. The quantitative estimate of drug-likeness (QED) is 0.911. The number of nitrogens with one attached hydrogen (secondary N) is 1. The first-order valence-electron chi connectivity index (χ1n) is 7.13. The molecule has 0 aliphatic carbocycles. The molecule has 0 aliphatic rings. The smallest absolute Gasteiger partial charge is 0.407 e. The van der Waals surface area contributed by atoms with Crippen LogP contribution < -0.4 is 11.1 Å². The van der Waals surface area contributed by atoms with Crippen LogP contribution in [0.3, 0.4) is 0 Å². The molecule has 0 spiro atoms. The molecule has 0 fully saturated rings. The van der Waals surface area contributed by atoms with Crippen molar-refractivity contribution in [3.05, 3.63) is 42.1 Å². The van der Waals surface area contributed by atoms with Crippen molar-refractivity contribution in [3.8, 4) is 0 Å². The Labute approximate surface area is 130 Å². The van der Waals surface area contributed by atoms with Crippen LogP contribution in [0.5, 0.6) is 0 Å². The van der Waals surface area contributed by atoms with E-state index in [2.05, 4.69) is 10.3 Å². The third kappa shape index (κ3) is 4.22. The van der Waals surface area contributed by atoms with Crippen molar-refractivity contribution >= 4 is 28.8 Å². The average Bonchev–Trinajstić information content (AvgIpc) is 2.44. The molecule has 5 nitrogen and oxygen atoms in total. The van der Waals surface area contributed by atoms with Gasteiger partial charge in [-0.25, -0.2) is 9.78 Å². The number of hydrogen-bond acceptors (Lipinski definition) is 4. The van der Waals surface area contributed by atoms with E-state index in [9.17, 15) is 4.79 Å². The van der Waals surface area contributed by atoms with Gasteiger partial charge in [0.15, 0.2) is 0 Å². The molecule has 0 bridgehead atoms. The van der Waals surface area contributed by atoms with Gasteiger partial charge in [-0.2, -0.15) is 0 Å². The summed E-state index contributed by atoms with van der Waals surface area (Å²) in [5, 5.41) is 4.63. The van der Waals surface area contributed by atoms with E-state index < -0.39 is 11.7 Å². The number of benzene rings is 1. The number of nitrogens with zero attached hydrogens (tertiary/aromatic N) is 1. The fraction of sp³-hybridized carbons (Fsp3) is 0.294. The lowest BCUT2D eigenvalue weighted by Crippen LogP contribution is -2.32. The van der Waals surface area contributed by atoms with Crippen LogP contribution in [-0.4, -0.2) is 23.2 Å². The summed E-state index contributed by atoms with van der Waals surface area (Å²) in [6, 6.07) is 7.82. The zero-order valence-corrected chi connectivity index (χ0v) is 13.1. The van der Waals surface area contributed by atoms with E-state index in [0.29, 0.717) is 12.4 Å². The van der Waals surface area contributed by atoms with Gasteiger partial charge in [-0.05, 0) is 26.2 Å². The van der Waals surface area contributed by atoms with E-state index in [-0.39, 0.29) is 0 Å². The van der Waals surface area contributed by atoms with Crippen LogP contribution in [0.25, 0.3) is 16.8 Å². The Kier molecular flexibility index (Phi) is 4.65. The van der Waals surface area contributed by atoms with Gasteiger partial charge in [0, 0.05) is 23.7 Å². The molecule has 3 N–H and O–H groups in total. The first kappa shape index (κ1) is 15.8. The Hall–Kier alpha value is -2.56. The highest BCUT2D eigenvalue weighted by atomic mass is 16.6. The van der Waals surface area contributed by atoms with Crippen molar-refractivity contribution in [2.45, 2.75) is 26.4 Å². The van der Waals surface area contributed by atoms with Gasteiger partial charge in [0.2, 0.25) is 0 Å². The lowest BCUT2D eigenvalue weighted by molar-refractivity contribution is 0.0534. The number of fused-ring (bicyclic) bond motifs is 1. The summed E-state index contributed by atoms with van der Waals surface area (Å²) >= 11 is 0. The third-order valence-corrected chi connectivity index (χ3v) is 2.92. The molecule has 1 aromatic carbocycles. The topological polar surface area (TPSA) is 77.2 Å². The van der Waals surface area contributed by atoms with Crippen LogP contribution in [-0.2, 0) is 4.74 Å². The molecule has 0 saturated carbocycles. The molecular formula is C17H21N3O2. The maximum absolute atomic E-state index is 11.5. The number of ether oxygens (including phenoxy) is 1. The van der Waals surface area contributed by atoms with Crippen LogP contribution in [0.1, 0.15) is 26.3 Å². The number of pyridine rings is 1. The summed E-state index contributed by atoms with van der Waals surface area (Å²) in [5.41, 5.74) is 6.33. The molecule has 116 valence electrons. The normalized spacial score (nSPS) is 11.8. The Bertz CT molecular complexity index is 703. The van der Waals surface area contributed by atoms with Gasteiger partial charge in [-0.15, -0.1) is 0 Å². The van der Waals surface area contributed by atoms with Gasteiger partial charge < -0.3 is 15.8 Å². The number of rotatable bonds is 3. The number of alkyl carbamates (subject to hydrolysis) is 1. The molecule has 0 saturated heterocycles. The van der Waals surface area contributed by atoms with E-state index in [0.717, 1.165) is 16.3 Å². The summed E-state index contributed by atoms with van der Waals surface area (Å²) in [6.07, 6.45) is 5.05. The Morgan fingerprint density at radius 1 is 1.32 bits per heavy atom. The number of aromatic nitrogens is 1. The van der Waals surface area contributed by atoms with E-state index in [1.807, 2.05) is 57.2 Å². The van der Waals surface area contributed by atoms with Gasteiger partial charge in [-0.3, -0.25) is 0 Å². The Balaban J connectivity index is 2.03. The molecular weight excluding hydrogens is 278 g/mol. The maximum atomic E-state index is 11.5. The molecule has 0 radical (unpaired) electrons. The predicted octanol–water partition coefficient (Wildman–Crippen LogP) is 3.35. The second kappa shape index (κ2) is 6.47. The van der Waals surface area contributed by atoms with Gasteiger partial charge in [-0.1, -0.05) is 36.4 Å². The lowest BCUT2D eigenvalue weighted by Gasteiger charge is -2.19. The van der Waals surface area contributed by atoms with E-state index in [4.69, 9.17) is 10.5 Å². The number of amides is 1. The number of nitrogens with two attached hydrogens (primary N) is 1. The zero-order chi connectivity index (χ0) is 16.2. The average molecular weight is 299 g/mol. The minimum atomic E-state index is -0.495. The molecule has 2 aromatic rings. The molecule has 22 heavy (non-hydrogen) atoms. The van der Waals surface area contributed by atoms with Gasteiger partial charge >= 0.3 is 6.09 Å². The van der Waals surface area contributed by atoms with E-state index in [1.165, 1.54) is 0 Å². The monoisotopic (exact) mass is 299 g/mol. The highest BCUT2D eigenvalue weighted by molar-refractivity contribution is 5.96. The molecule has 1 amide bonds. The van der Waals surface area contributed by atoms with Crippen LogP contribution >= 0.6 is 0 Å². The van der Waals surface area contributed by atoms with Crippen LogP contribution in [0.4, 0.5) is 10.6 Å². The summed E-state index contributed by atoms with van der Waals surface area (Å²) in [7, 11) is 0. The number of carbonyl (C=O) groups excluding carboxylic acids is 1. The van der Waals surface area contributed by atoms with Crippen molar-refractivity contribution in [1.82, 2.24) is 10.3 Å². The summed E-state index contributed by atoms with van der Waals surface area (Å²) in [6.45, 7) is 5.87. The summed E-state index contributed by atoms with van der Waals surface area (Å²) < 4.78 is 5.16. The molecule has 2 rings (SSSR count). The van der Waals surface area contributed by atoms with Crippen molar-refractivity contribution in [2.24, 2.45) is 0 Å². The van der Waals surface area contributed by atoms with Crippen LogP contribution in [0.15, 0.2) is 36.5 Å². The number of carbonyl (C=O) groups is 1. The van der Waals surface area contributed by atoms with Gasteiger partial charge in [0.25, 0.3) is 0 Å². The van der Waals surface area contributed by atoms with Crippen LogP contribution in [0, 0.1) is 0 Å². The van der Waals surface area contributed by atoms with Crippen molar-refractivity contribution in [2.75, 3.05) is 12.3 Å². The van der Waals surface area contributed by atoms with Crippen LogP contribution in [0.2, 0.25) is 0 Å². The third-order valence-electron chi connectivity index (χ3n) is 2.92. The van der Waals surface area contributed by atoms with E-state index >= 15 is 0 Å². The Morgan fingerprint density at radius 3 is 2.68 bits per heavy atom.